The van der Waals surface area contributed by atoms with Crippen LogP contribution in [0.3, 0.4) is 0 Å². The fourth-order valence-corrected chi connectivity index (χ4v) is 7.21. The van der Waals surface area contributed by atoms with Gasteiger partial charge in [-0.25, -0.2) is 19.2 Å². The van der Waals surface area contributed by atoms with E-state index in [4.69, 9.17) is 37.9 Å². The number of nitrogens with zero attached hydrogens (tertiary/aromatic N) is 2. The van der Waals surface area contributed by atoms with Gasteiger partial charge in [-0.1, -0.05) is 114 Å². The smallest absolute Gasteiger partial charge is 0.340 e. The molecule has 5 rings (SSSR count). The highest BCUT2D eigenvalue weighted by atomic mass is 16.8. The molecule has 0 amide bonds. The molecule has 0 aliphatic carbocycles. The summed E-state index contributed by atoms with van der Waals surface area (Å²) in [5.74, 6) is -0.665. The molecule has 0 N–H and O–H groups in total. The lowest BCUT2D eigenvalue weighted by Crippen LogP contribution is -2.44. The second-order valence-electron chi connectivity index (χ2n) is 16.3. The van der Waals surface area contributed by atoms with Gasteiger partial charge in [0, 0.05) is 23.3 Å². The topological polar surface area (TPSA) is 168 Å². The third-order valence-electron chi connectivity index (χ3n) is 11.1. The van der Waals surface area contributed by atoms with Crippen LogP contribution in [0.2, 0.25) is 0 Å². The van der Waals surface area contributed by atoms with Crippen LogP contribution < -0.4 is 9.47 Å². The molecule has 2 aromatic carbocycles. The molecule has 2 atom stereocenters. The monoisotopic (exact) mass is 934 g/mol. The summed E-state index contributed by atoms with van der Waals surface area (Å²) < 4.78 is 44.3. The van der Waals surface area contributed by atoms with Crippen molar-refractivity contribution in [2.75, 3.05) is 39.6 Å². The van der Waals surface area contributed by atoms with Gasteiger partial charge in [0.05, 0.1) is 74.5 Å². The lowest BCUT2D eigenvalue weighted by molar-refractivity contribution is -0.288. The number of esters is 4. The zero-order valence-corrected chi connectivity index (χ0v) is 39.2. The van der Waals surface area contributed by atoms with Crippen LogP contribution in [0.25, 0.3) is 22.5 Å². The Bertz CT molecular complexity index is 1970. The molecule has 4 aromatic rings. The van der Waals surface area contributed by atoms with Crippen molar-refractivity contribution >= 4 is 23.9 Å². The third kappa shape index (κ3) is 19.5. The standard InChI is InChI=1S/C54H66N2O12/c1-3-49(57)63-35-19-15-11-7-5-9-13-17-33-61-45-29-31-47(55-39-45)41-21-25-43(26-22-41)51(59)67-53-54(66-38-37-65-53)68-52(60)44-27-23-42(24-28-44)48-32-30-46(40-56-48)62-34-18-14-10-6-8-12-16-20-36-64-50(58)4-2/h3-4,21-32,39-40,53-54H,1-2,5-20,33-38H2/t53-,54-/m0/s1. The lowest BCUT2D eigenvalue weighted by Gasteiger charge is -2.30. The van der Waals surface area contributed by atoms with Crippen molar-refractivity contribution in [3.63, 3.8) is 0 Å². The quantitative estimate of drug-likeness (QED) is 0.0196. The first-order chi connectivity index (χ1) is 33.3. The summed E-state index contributed by atoms with van der Waals surface area (Å²) in [4.78, 5) is 57.5. The summed E-state index contributed by atoms with van der Waals surface area (Å²) in [5.41, 5.74) is 3.62. The Hall–Kier alpha value is -6.38. The number of pyridine rings is 2. The highest BCUT2D eigenvalue weighted by molar-refractivity contribution is 5.91. The third-order valence-corrected chi connectivity index (χ3v) is 11.1. The van der Waals surface area contributed by atoms with E-state index in [0.717, 1.165) is 99.6 Å². The molecule has 0 radical (unpaired) electrons. The average molecular weight is 935 g/mol. The van der Waals surface area contributed by atoms with Gasteiger partial charge in [-0.05, 0) is 74.2 Å². The highest BCUT2D eigenvalue weighted by Gasteiger charge is 2.34. The van der Waals surface area contributed by atoms with Crippen LogP contribution in [0, 0.1) is 0 Å². The summed E-state index contributed by atoms with van der Waals surface area (Å²) in [5, 5.41) is 0. The second kappa shape index (κ2) is 30.8. The zero-order valence-electron chi connectivity index (χ0n) is 39.2. The number of hydrogen-bond donors (Lipinski definition) is 0. The number of rotatable bonds is 32. The molecule has 1 aliphatic heterocycles. The van der Waals surface area contributed by atoms with E-state index in [1.165, 1.54) is 37.8 Å². The van der Waals surface area contributed by atoms with E-state index in [9.17, 15) is 19.2 Å². The number of hydrogen-bond acceptors (Lipinski definition) is 14. The van der Waals surface area contributed by atoms with E-state index in [1.807, 2.05) is 24.3 Å². The van der Waals surface area contributed by atoms with Gasteiger partial charge < -0.3 is 37.9 Å². The first-order valence-electron chi connectivity index (χ1n) is 23.9. The Morgan fingerprint density at radius 2 is 0.809 bits per heavy atom. The molecule has 364 valence electrons. The average Bonchev–Trinajstić information content (AvgIpc) is 3.37. The van der Waals surface area contributed by atoms with Crippen molar-refractivity contribution in [2.45, 2.75) is 115 Å². The first-order valence-corrected chi connectivity index (χ1v) is 23.9. The lowest BCUT2D eigenvalue weighted by atomic mass is 10.1. The van der Waals surface area contributed by atoms with Crippen LogP contribution in [0.5, 0.6) is 11.5 Å². The minimum atomic E-state index is -1.26. The fraction of sp³-hybridized carbons (Fsp3) is 0.444. The van der Waals surface area contributed by atoms with Gasteiger partial charge in [-0.2, -0.15) is 0 Å². The van der Waals surface area contributed by atoms with Gasteiger partial charge in [-0.3, -0.25) is 9.97 Å². The normalized spacial score (nSPS) is 14.3. The maximum absolute atomic E-state index is 13.2. The molecule has 1 saturated heterocycles. The number of benzene rings is 2. The molecule has 0 unspecified atom stereocenters. The van der Waals surface area contributed by atoms with Crippen LogP contribution >= 0.6 is 0 Å². The molecule has 68 heavy (non-hydrogen) atoms. The molecule has 14 nitrogen and oxygen atoms in total. The van der Waals surface area contributed by atoms with Crippen molar-refractivity contribution < 1.29 is 57.1 Å². The largest absolute Gasteiger partial charge is 0.492 e. The summed E-state index contributed by atoms with van der Waals surface area (Å²) >= 11 is 0. The Labute approximate surface area is 400 Å². The molecule has 2 aromatic heterocycles. The molecule has 1 aliphatic rings. The summed E-state index contributed by atoms with van der Waals surface area (Å²) in [6.07, 6.45) is 20.5. The summed E-state index contributed by atoms with van der Waals surface area (Å²) in [6, 6.07) is 21.2. The zero-order chi connectivity index (χ0) is 48.0. The Balaban J connectivity index is 0.955. The minimum Gasteiger partial charge on any atom is -0.492 e. The summed E-state index contributed by atoms with van der Waals surface area (Å²) in [6.45, 7) is 9.25. The van der Waals surface area contributed by atoms with Crippen LogP contribution in [-0.2, 0) is 38.0 Å². The first kappa shape index (κ1) is 52.6. The number of unbranched alkanes of at least 4 members (excludes halogenated alkanes) is 14. The van der Waals surface area contributed by atoms with Gasteiger partial charge in [0.15, 0.2) is 0 Å². The predicted molar refractivity (Wildman–Crippen MR) is 257 cm³/mol. The van der Waals surface area contributed by atoms with Gasteiger partial charge in [0.1, 0.15) is 11.5 Å². The molecule has 3 heterocycles. The molecule has 1 fully saturated rings. The minimum absolute atomic E-state index is 0.156. The van der Waals surface area contributed by atoms with E-state index >= 15 is 0 Å². The van der Waals surface area contributed by atoms with Crippen LogP contribution in [0.4, 0.5) is 0 Å². The Morgan fingerprint density at radius 3 is 1.13 bits per heavy atom. The number of carbonyl (C=O) groups is 4. The fourth-order valence-electron chi connectivity index (χ4n) is 7.21. The van der Waals surface area contributed by atoms with E-state index < -0.39 is 24.5 Å². The van der Waals surface area contributed by atoms with Gasteiger partial charge in [0.25, 0.3) is 12.6 Å². The Kier molecular flexibility index (Phi) is 23.8. The summed E-state index contributed by atoms with van der Waals surface area (Å²) in [7, 11) is 0. The van der Waals surface area contributed by atoms with E-state index in [2.05, 4.69) is 23.1 Å². The van der Waals surface area contributed by atoms with Crippen LogP contribution in [0.15, 0.2) is 111 Å². The molecule has 0 spiro atoms. The van der Waals surface area contributed by atoms with Crippen molar-refractivity contribution in [3.05, 3.63) is 122 Å². The van der Waals surface area contributed by atoms with E-state index in [1.54, 1.807) is 60.9 Å². The maximum atomic E-state index is 13.2. The second-order valence-corrected chi connectivity index (χ2v) is 16.3. The van der Waals surface area contributed by atoms with Crippen LogP contribution in [0.1, 0.15) is 123 Å². The van der Waals surface area contributed by atoms with Gasteiger partial charge in [0.2, 0.25) is 0 Å². The van der Waals surface area contributed by atoms with E-state index in [-0.39, 0.29) is 36.3 Å². The van der Waals surface area contributed by atoms with E-state index in [0.29, 0.717) is 37.9 Å². The van der Waals surface area contributed by atoms with Crippen molar-refractivity contribution in [1.82, 2.24) is 9.97 Å². The highest BCUT2D eigenvalue weighted by Crippen LogP contribution is 2.24. The van der Waals surface area contributed by atoms with Crippen LogP contribution in [-0.4, -0.2) is 86.1 Å². The number of carbonyl (C=O) groups excluding carboxylic acids is 4. The van der Waals surface area contributed by atoms with Gasteiger partial charge >= 0.3 is 23.9 Å². The molecule has 14 heteroatoms. The van der Waals surface area contributed by atoms with Gasteiger partial charge in [-0.15, -0.1) is 0 Å². The Morgan fingerprint density at radius 1 is 0.471 bits per heavy atom. The maximum Gasteiger partial charge on any atom is 0.340 e. The number of ether oxygens (including phenoxy) is 8. The molecule has 0 bridgehead atoms. The number of aromatic nitrogens is 2. The predicted octanol–water partition coefficient (Wildman–Crippen LogP) is 11.0. The van der Waals surface area contributed by atoms with Crippen molar-refractivity contribution in [1.29, 1.82) is 0 Å². The van der Waals surface area contributed by atoms with Crippen molar-refractivity contribution in [2.24, 2.45) is 0 Å². The molecule has 0 saturated carbocycles. The molecular formula is C54H66N2O12. The SMILES string of the molecule is C=CC(=O)OCCCCCCCCCCOc1ccc(-c2ccc(C(=O)O[C@@H]3OCCO[C@H]3OC(=O)c3ccc(-c4ccc(OCCCCCCCCCCOC(=O)C=C)cn4)cc3)cc2)nc1. The molecular weight excluding hydrogens is 869 g/mol. The van der Waals surface area contributed by atoms with Crippen molar-refractivity contribution in [3.8, 4) is 34.0 Å².